The van der Waals surface area contributed by atoms with Crippen LogP contribution in [0.1, 0.15) is 26.3 Å². The lowest BCUT2D eigenvalue weighted by Gasteiger charge is -2.18. The van der Waals surface area contributed by atoms with E-state index in [1.807, 2.05) is 6.07 Å². The Morgan fingerprint density at radius 1 is 1.38 bits per heavy atom. The lowest BCUT2D eigenvalue weighted by molar-refractivity contribution is 0.368. The molecule has 0 N–H and O–H groups in total. The van der Waals surface area contributed by atoms with Gasteiger partial charge in [0.05, 0.1) is 7.11 Å². The number of nitrogens with zero attached hydrogens (tertiary/aromatic N) is 1. The fourth-order valence-electron chi connectivity index (χ4n) is 1.31. The molecule has 0 radical (unpaired) electrons. The Labute approximate surface area is 80.0 Å². The smallest absolute Gasteiger partial charge is 0.216 e. The van der Waals surface area contributed by atoms with Gasteiger partial charge in [0, 0.05) is 11.8 Å². The molecule has 1 aromatic heterocycles. The fraction of sp³-hybridized carbons (Fsp3) is 0.545. The molecule has 72 valence electrons. The summed E-state index contributed by atoms with van der Waals surface area (Å²) in [6.07, 6.45) is 2.75. The second kappa shape index (κ2) is 3.77. The second-order valence-corrected chi connectivity index (χ2v) is 4.41. The van der Waals surface area contributed by atoms with Crippen LogP contribution < -0.4 is 4.74 Å². The van der Waals surface area contributed by atoms with Crippen molar-refractivity contribution in [3.8, 4) is 5.88 Å². The molecular weight excluding hydrogens is 162 g/mol. The first-order valence-electron chi connectivity index (χ1n) is 4.51. The van der Waals surface area contributed by atoms with E-state index in [-0.39, 0.29) is 5.41 Å². The van der Waals surface area contributed by atoms with Crippen molar-refractivity contribution in [1.29, 1.82) is 0 Å². The van der Waals surface area contributed by atoms with Crippen molar-refractivity contribution in [1.82, 2.24) is 4.98 Å². The normalized spacial score (nSPS) is 11.4. The lowest BCUT2D eigenvalue weighted by Crippen LogP contribution is -2.10. The standard InChI is InChI=1S/C11H17NO/c1-11(2,3)8-9-6-5-7-12-10(9)13-4/h5-7H,8H2,1-4H3. The molecule has 1 heterocycles. The van der Waals surface area contributed by atoms with Crippen LogP contribution in [0.5, 0.6) is 5.88 Å². The predicted octanol–water partition coefficient (Wildman–Crippen LogP) is 2.68. The number of methoxy groups -OCH3 is 1. The van der Waals surface area contributed by atoms with E-state index in [4.69, 9.17) is 4.74 Å². The third kappa shape index (κ3) is 3.05. The molecule has 13 heavy (non-hydrogen) atoms. The Morgan fingerprint density at radius 2 is 2.08 bits per heavy atom. The largest absolute Gasteiger partial charge is 0.481 e. The number of aromatic nitrogens is 1. The van der Waals surface area contributed by atoms with E-state index in [1.165, 1.54) is 5.56 Å². The molecule has 1 aromatic rings. The van der Waals surface area contributed by atoms with E-state index in [1.54, 1.807) is 13.3 Å². The van der Waals surface area contributed by atoms with Crippen molar-refractivity contribution in [2.24, 2.45) is 5.41 Å². The molecule has 0 amide bonds. The van der Waals surface area contributed by atoms with Crippen molar-refractivity contribution in [3.05, 3.63) is 23.9 Å². The van der Waals surface area contributed by atoms with Crippen LogP contribution in [0, 0.1) is 5.41 Å². The SMILES string of the molecule is COc1ncccc1CC(C)(C)C. The van der Waals surface area contributed by atoms with Crippen LogP contribution in [0.2, 0.25) is 0 Å². The summed E-state index contributed by atoms with van der Waals surface area (Å²) in [7, 11) is 1.66. The van der Waals surface area contributed by atoms with Crippen molar-refractivity contribution in [2.75, 3.05) is 7.11 Å². The number of hydrogen-bond acceptors (Lipinski definition) is 2. The molecule has 0 aromatic carbocycles. The topological polar surface area (TPSA) is 22.1 Å². The molecular formula is C11H17NO. The Morgan fingerprint density at radius 3 is 2.62 bits per heavy atom. The highest BCUT2D eigenvalue weighted by Crippen LogP contribution is 2.25. The zero-order chi connectivity index (χ0) is 9.90. The first kappa shape index (κ1) is 10.0. The van der Waals surface area contributed by atoms with Gasteiger partial charge in [-0.3, -0.25) is 0 Å². The summed E-state index contributed by atoms with van der Waals surface area (Å²) in [6, 6.07) is 4.01. The van der Waals surface area contributed by atoms with Gasteiger partial charge >= 0.3 is 0 Å². The van der Waals surface area contributed by atoms with Gasteiger partial charge in [0.1, 0.15) is 0 Å². The summed E-state index contributed by atoms with van der Waals surface area (Å²) in [4.78, 5) is 4.16. The number of ether oxygens (including phenoxy) is 1. The third-order valence-corrected chi connectivity index (χ3v) is 1.76. The molecule has 0 bridgehead atoms. The highest BCUT2D eigenvalue weighted by Gasteiger charge is 2.14. The molecule has 2 nitrogen and oxygen atoms in total. The van der Waals surface area contributed by atoms with E-state index in [2.05, 4.69) is 31.8 Å². The third-order valence-electron chi connectivity index (χ3n) is 1.76. The van der Waals surface area contributed by atoms with Gasteiger partial charge in [-0.05, 0) is 17.9 Å². The predicted molar refractivity (Wildman–Crippen MR) is 53.9 cm³/mol. The van der Waals surface area contributed by atoms with Gasteiger partial charge in [0.25, 0.3) is 0 Å². The first-order chi connectivity index (χ1) is 6.03. The molecule has 0 unspecified atom stereocenters. The van der Waals surface area contributed by atoms with Crippen LogP contribution in [0.25, 0.3) is 0 Å². The second-order valence-electron chi connectivity index (χ2n) is 4.41. The molecule has 1 rings (SSSR count). The number of rotatable bonds is 2. The molecule has 0 aliphatic rings. The Bertz CT molecular complexity index is 276. The summed E-state index contributed by atoms with van der Waals surface area (Å²) in [5.74, 6) is 0.748. The van der Waals surface area contributed by atoms with Crippen molar-refractivity contribution in [3.63, 3.8) is 0 Å². The maximum Gasteiger partial charge on any atom is 0.216 e. The van der Waals surface area contributed by atoms with E-state index >= 15 is 0 Å². The van der Waals surface area contributed by atoms with Crippen LogP contribution >= 0.6 is 0 Å². The minimum Gasteiger partial charge on any atom is -0.481 e. The number of hydrogen-bond donors (Lipinski definition) is 0. The van der Waals surface area contributed by atoms with Crippen LogP contribution in [-0.4, -0.2) is 12.1 Å². The molecule has 2 heteroatoms. The van der Waals surface area contributed by atoms with Crippen LogP contribution in [0.4, 0.5) is 0 Å². The Hall–Kier alpha value is -1.05. The van der Waals surface area contributed by atoms with E-state index in [9.17, 15) is 0 Å². The van der Waals surface area contributed by atoms with Gasteiger partial charge in [0.15, 0.2) is 0 Å². The van der Waals surface area contributed by atoms with Crippen molar-refractivity contribution >= 4 is 0 Å². The van der Waals surface area contributed by atoms with Crippen LogP contribution in [0.15, 0.2) is 18.3 Å². The van der Waals surface area contributed by atoms with E-state index < -0.39 is 0 Å². The zero-order valence-corrected chi connectivity index (χ0v) is 8.79. The minimum atomic E-state index is 0.274. The highest BCUT2D eigenvalue weighted by atomic mass is 16.5. The Kier molecular flexibility index (Phi) is 2.91. The summed E-state index contributed by atoms with van der Waals surface area (Å²) < 4.78 is 5.18. The average Bonchev–Trinajstić information content (AvgIpc) is 2.02. The molecule has 0 saturated heterocycles. The monoisotopic (exact) mass is 179 g/mol. The quantitative estimate of drug-likeness (QED) is 0.696. The van der Waals surface area contributed by atoms with Gasteiger partial charge in [0.2, 0.25) is 5.88 Å². The molecule has 0 aliphatic heterocycles. The average molecular weight is 179 g/mol. The molecule has 0 spiro atoms. The lowest BCUT2D eigenvalue weighted by atomic mass is 9.88. The maximum absolute atomic E-state index is 5.18. The van der Waals surface area contributed by atoms with Crippen molar-refractivity contribution < 1.29 is 4.74 Å². The number of pyridine rings is 1. The first-order valence-corrected chi connectivity index (χ1v) is 4.51. The van der Waals surface area contributed by atoms with Crippen molar-refractivity contribution in [2.45, 2.75) is 27.2 Å². The van der Waals surface area contributed by atoms with Gasteiger partial charge in [-0.15, -0.1) is 0 Å². The fourth-order valence-corrected chi connectivity index (χ4v) is 1.31. The molecule has 0 aliphatic carbocycles. The van der Waals surface area contributed by atoms with E-state index in [0.29, 0.717) is 0 Å². The highest BCUT2D eigenvalue weighted by molar-refractivity contribution is 5.26. The minimum absolute atomic E-state index is 0.274. The Balaban J connectivity index is 2.87. The summed E-state index contributed by atoms with van der Waals surface area (Å²) in [5, 5.41) is 0. The van der Waals surface area contributed by atoms with Gasteiger partial charge in [-0.1, -0.05) is 26.8 Å². The molecule has 0 saturated carbocycles. The summed E-state index contributed by atoms with van der Waals surface area (Å²) in [6.45, 7) is 6.62. The van der Waals surface area contributed by atoms with Gasteiger partial charge < -0.3 is 4.74 Å². The van der Waals surface area contributed by atoms with Gasteiger partial charge in [-0.25, -0.2) is 4.98 Å². The summed E-state index contributed by atoms with van der Waals surface area (Å²) in [5.41, 5.74) is 1.45. The summed E-state index contributed by atoms with van der Waals surface area (Å²) >= 11 is 0. The maximum atomic E-state index is 5.18. The molecule has 0 fully saturated rings. The van der Waals surface area contributed by atoms with E-state index in [0.717, 1.165) is 12.3 Å². The molecule has 0 atom stereocenters. The van der Waals surface area contributed by atoms with Gasteiger partial charge in [-0.2, -0.15) is 0 Å². The zero-order valence-electron chi connectivity index (χ0n) is 8.79. The van der Waals surface area contributed by atoms with Crippen LogP contribution in [-0.2, 0) is 6.42 Å². The van der Waals surface area contributed by atoms with Crippen LogP contribution in [0.3, 0.4) is 0 Å².